The number of aromatic hydroxyl groups is 1. The molecule has 0 spiro atoms. The fourth-order valence-electron chi connectivity index (χ4n) is 3.62. The molecule has 0 bridgehead atoms. The molecule has 5 heteroatoms. The van der Waals surface area contributed by atoms with Gasteiger partial charge in [0.2, 0.25) is 5.91 Å². The Hall–Kier alpha value is -3.03. The summed E-state index contributed by atoms with van der Waals surface area (Å²) in [6.45, 7) is 0. The molecule has 3 aromatic rings. The van der Waals surface area contributed by atoms with Gasteiger partial charge >= 0.3 is 0 Å². The number of rotatable bonds is 2. The van der Waals surface area contributed by atoms with E-state index in [0.717, 1.165) is 27.6 Å². The van der Waals surface area contributed by atoms with Crippen molar-refractivity contribution in [1.82, 2.24) is 0 Å². The minimum absolute atomic E-state index is 0.108. The Morgan fingerprint density at radius 3 is 2.73 bits per heavy atom. The van der Waals surface area contributed by atoms with Crippen molar-refractivity contribution in [3.05, 3.63) is 71.3 Å². The molecular formula is C21H15ClN2O2. The van der Waals surface area contributed by atoms with Crippen LogP contribution in [0.15, 0.2) is 54.6 Å². The summed E-state index contributed by atoms with van der Waals surface area (Å²) in [6.07, 6.45) is 0.607. The number of anilines is 1. The van der Waals surface area contributed by atoms with Gasteiger partial charge in [0.15, 0.2) is 0 Å². The van der Waals surface area contributed by atoms with Crippen molar-refractivity contribution in [2.24, 2.45) is 0 Å². The Morgan fingerprint density at radius 1 is 1.15 bits per heavy atom. The van der Waals surface area contributed by atoms with Gasteiger partial charge in [-0.15, -0.1) is 11.6 Å². The highest BCUT2D eigenvalue weighted by atomic mass is 35.5. The predicted molar refractivity (Wildman–Crippen MR) is 101 cm³/mol. The number of benzene rings is 3. The van der Waals surface area contributed by atoms with Crippen LogP contribution >= 0.6 is 11.6 Å². The second kappa shape index (κ2) is 6.36. The van der Waals surface area contributed by atoms with Crippen LogP contribution in [0.2, 0.25) is 0 Å². The number of fused-ring (bicyclic) bond motifs is 2. The molecule has 0 radical (unpaired) electrons. The van der Waals surface area contributed by atoms with Crippen LogP contribution in [-0.4, -0.2) is 16.9 Å². The average Bonchev–Trinajstić information content (AvgIpc) is 3.04. The van der Waals surface area contributed by atoms with E-state index < -0.39 is 0 Å². The van der Waals surface area contributed by atoms with Crippen molar-refractivity contribution in [3.63, 3.8) is 0 Å². The van der Waals surface area contributed by atoms with Crippen LogP contribution in [0.5, 0.6) is 5.75 Å². The lowest BCUT2D eigenvalue weighted by Gasteiger charge is -2.25. The molecule has 1 N–H and O–H groups in total. The highest BCUT2D eigenvalue weighted by molar-refractivity contribution is 6.29. The summed E-state index contributed by atoms with van der Waals surface area (Å²) in [4.78, 5) is 14.2. The number of phenolic OH excluding ortho intramolecular Hbond substituents is 1. The first-order chi connectivity index (χ1) is 12.6. The number of nitrogens with zero attached hydrogens (tertiary/aromatic N) is 2. The van der Waals surface area contributed by atoms with Crippen LogP contribution in [0.3, 0.4) is 0 Å². The van der Waals surface area contributed by atoms with Gasteiger partial charge in [-0.05, 0) is 64.7 Å². The van der Waals surface area contributed by atoms with Crippen molar-refractivity contribution in [2.45, 2.75) is 12.5 Å². The van der Waals surface area contributed by atoms with Crippen molar-refractivity contribution in [3.8, 4) is 11.8 Å². The molecule has 128 valence electrons. The lowest BCUT2D eigenvalue weighted by Crippen LogP contribution is -2.33. The highest BCUT2D eigenvalue weighted by Gasteiger charge is 2.34. The van der Waals surface area contributed by atoms with Crippen LogP contribution < -0.4 is 4.90 Å². The van der Waals surface area contributed by atoms with Crippen LogP contribution in [0.1, 0.15) is 22.7 Å². The molecule has 0 saturated carbocycles. The van der Waals surface area contributed by atoms with E-state index in [1.54, 1.807) is 29.2 Å². The van der Waals surface area contributed by atoms with Gasteiger partial charge in [-0.25, -0.2) is 0 Å². The number of hydrogen-bond acceptors (Lipinski definition) is 3. The summed E-state index contributed by atoms with van der Waals surface area (Å²) < 4.78 is 0. The number of carbonyl (C=O) groups is 1. The van der Waals surface area contributed by atoms with Crippen molar-refractivity contribution in [2.75, 3.05) is 10.8 Å². The van der Waals surface area contributed by atoms with Gasteiger partial charge in [0.05, 0.1) is 17.7 Å². The molecule has 1 unspecified atom stereocenters. The zero-order valence-corrected chi connectivity index (χ0v) is 14.6. The van der Waals surface area contributed by atoms with E-state index in [-0.39, 0.29) is 23.6 Å². The number of hydrogen-bond donors (Lipinski definition) is 1. The van der Waals surface area contributed by atoms with Crippen LogP contribution in [0.25, 0.3) is 10.8 Å². The third kappa shape index (κ3) is 2.67. The van der Waals surface area contributed by atoms with E-state index in [4.69, 9.17) is 16.9 Å². The molecule has 3 aromatic carbocycles. The van der Waals surface area contributed by atoms with E-state index in [2.05, 4.69) is 6.07 Å². The molecule has 4 nitrogen and oxygen atoms in total. The maximum Gasteiger partial charge on any atom is 0.242 e. The fourth-order valence-corrected chi connectivity index (χ4v) is 3.75. The minimum Gasteiger partial charge on any atom is -0.508 e. The molecule has 0 saturated heterocycles. The summed E-state index contributed by atoms with van der Waals surface area (Å²) in [6, 6.07) is 18.6. The molecule has 0 aromatic heterocycles. The molecular weight excluding hydrogens is 348 g/mol. The third-order valence-electron chi connectivity index (χ3n) is 4.81. The van der Waals surface area contributed by atoms with Gasteiger partial charge in [0.25, 0.3) is 0 Å². The third-order valence-corrected chi connectivity index (χ3v) is 5.04. The number of phenols is 1. The fraction of sp³-hybridized carbons (Fsp3) is 0.143. The molecule has 26 heavy (non-hydrogen) atoms. The molecule has 1 aliphatic heterocycles. The summed E-state index contributed by atoms with van der Waals surface area (Å²) in [5.74, 6) is -0.102. The maximum atomic E-state index is 12.5. The molecule has 0 fully saturated rings. The maximum absolute atomic E-state index is 12.5. The van der Waals surface area contributed by atoms with E-state index in [9.17, 15) is 9.90 Å². The summed E-state index contributed by atoms with van der Waals surface area (Å²) in [5, 5.41) is 20.9. The summed E-state index contributed by atoms with van der Waals surface area (Å²) in [7, 11) is 0. The molecule has 4 rings (SSSR count). The zero-order chi connectivity index (χ0) is 18.3. The van der Waals surface area contributed by atoms with E-state index in [1.807, 2.05) is 30.3 Å². The Morgan fingerprint density at radius 2 is 1.96 bits per heavy atom. The number of carbonyl (C=O) groups excluding carboxylic acids is 1. The quantitative estimate of drug-likeness (QED) is 0.692. The van der Waals surface area contributed by atoms with Crippen molar-refractivity contribution < 1.29 is 9.90 Å². The topological polar surface area (TPSA) is 64.3 Å². The Labute approximate surface area is 155 Å². The first-order valence-electron chi connectivity index (χ1n) is 8.24. The van der Waals surface area contributed by atoms with Gasteiger partial charge in [0, 0.05) is 5.69 Å². The first-order valence-corrected chi connectivity index (χ1v) is 8.78. The van der Waals surface area contributed by atoms with Gasteiger partial charge in [-0.2, -0.15) is 5.26 Å². The van der Waals surface area contributed by atoms with Crippen LogP contribution in [-0.2, 0) is 11.2 Å². The monoisotopic (exact) mass is 362 g/mol. The molecule has 0 aliphatic carbocycles. The smallest absolute Gasteiger partial charge is 0.242 e. The largest absolute Gasteiger partial charge is 0.508 e. The number of nitriles is 1. The average molecular weight is 363 g/mol. The summed E-state index contributed by atoms with van der Waals surface area (Å²) >= 11 is 5.84. The van der Waals surface area contributed by atoms with E-state index >= 15 is 0 Å². The summed E-state index contributed by atoms with van der Waals surface area (Å²) in [5.41, 5.74) is 3.27. The molecule has 1 amide bonds. The lowest BCUT2D eigenvalue weighted by molar-refractivity contribution is -0.116. The Balaban J connectivity index is 1.82. The SMILES string of the molecule is N#Cc1ccc2ccc(C3Cc4cc(O)ccc4N3C(=O)CCl)cc2c1. The van der Waals surface area contributed by atoms with Crippen molar-refractivity contribution in [1.29, 1.82) is 5.26 Å². The predicted octanol–water partition coefficient (Wildman–Crippen LogP) is 4.29. The molecule has 1 heterocycles. The Kier molecular flexibility index (Phi) is 4.02. The zero-order valence-electron chi connectivity index (χ0n) is 13.8. The van der Waals surface area contributed by atoms with E-state index in [1.165, 1.54) is 0 Å². The van der Waals surface area contributed by atoms with Gasteiger partial charge in [-0.1, -0.05) is 18.2 Å². The highest BCUT2D eigenvalue weighted by Crippen LogP contribution is 2.42. The van der Waals surface area contributed by atoms with E-state index in [0.29, 0.717) is 12.0 Å². The number of halogens is 1. The van der Waals surface area contributed by atoms with Crippen LogP contribution in [0.4, 0.5) is 5.69 Å². The second-order valence-corrected chi connectivity index (χ2v) is 6.63. The van der Waals surface area contributed by atoms with Crippen LogP contribution in [0, 0.1) is 11.3 Å². The van der Waals surface area contributed by atoms with Gasteiger partial charge in [-0.3, -0.25) is 4.79 Å². The Bertz CT molecular complexity index is 1070. The number of amides is 1. The standard InChI is InChI=1S/C21H15ClN2O2/c22-11-21(26)24-19-6-5-18(25)9-17(19)10-20(24)15-4-3-14-2-1-13(12-23)7-16(14)8-15/h1-9,20,25H,10-11H2. The first kappa shape index (κ1) is 16.4. The number of alkyl halides is 1. The second-order valence-electron chi connectivity index (χ2n) is 6.36. The lowest BCUT2D eigenvalue weighted by atomic mass is 9.98. The molecule has 1 atom stereocenters. The normalized spacial score (nSPS) is 15.7. The minimum atomic E-state index is -0.187. The van der Waals surface area contributed by atoms with Gasteiger partial charge in [0.1, 0.15) is 11.6 Å². The van der Waals surface area contributed by atoms with Crippen molar-refractivity contribution >= 4 is 34.0 Å². The van der Waals surface area contributed by atoms with Gasteiger partial charge < -0.3 is 10.0 Å². The molecule has 1 aliphatic rings.